The lowest BCUT2D eigenvalue weighted by molar-refractivity contribution is -0.319. The van der Waals surface area contributed by atoms with Crippen LogP contribution in [0.5, 0.6) is 0 Å². The number of benzene rings is 9. The van der Waals surface area contributed by atoms with Crippen LogP contribution >= 0.6 is 47.5 Å². The summed E-state index contributed by atoms with van der Waals surface area (Å²) in [7, 11) is -5.65. The first-order valence-corrected chi connectivity index (χ1v) is 53.2. The Morgan fingerprint density at radius 2 is 0.503 bits per heavy atom. The molecule has 0 saturated carbocycles. The molecule has 4 fully saturated rings. The Morgan fingerprint density at radius 3 is 0.741 bits per heavy atom. The Labute approximate surface area is 871 Å². The maximum atomic E-state index is 12.7. The van der Waals surface area contributed by atoms with Crippen molar-refractivity contribution in [3.63, 3.8) is 0 Å². The lowest BCUT2D eigenvalue weighted by atomic mass is 9.98. The number of carbonyl (C=O) groups is 2. The van der Waals surface area contributed by atoms with Crippen LogP contribution in [0.2, 0.25) is 0 Å². The molecule has 0 aromatic heterocycles. The Kier molecular flexibility index (Phi) is 57.2. The first-order valence-electron chi connectivity index (χ1n) is 48.0. The number of ether oxygens (including phenoxy) is 17. The second kappa shape index (κ2) is 67.6. The van der Waals surface area contributed by atoms with E-state index in [1.54, 1.807) is 6.92 Å². The van der Waals surface area contributed by atoms with Gasteiger partial charge in [0.2, 0.25) is 0 Å². The molecule has 4 aliphatic rings. The maximum absolute atomic E-state index is 12.7. The lowest BCUT2D eigenvalue weighted by Gasteiger charge is -2.46. The molecule has 143 heavy (non-hydrogen) atoms. The minimum atomic E-state index is -3.90. The summed E-state index contributed by atoms with van der Waals surface area (Å²) in [5.74, 6) is -0.250. The zero-order valence-electron chi connectivity index (χ0n) is 81.7. The maximum Gasteiger partial charge on any atom is 0.269 e. The monoisotopic (exact) mass is 2170 g/mol. The van der Waals surface area contributed by atoms with Crippen molar-refractivity contribution in [1.29, 1.82) is 0 Å². The highest BCUT2D eigenvalue weighted by Crippen LogP contribution is 2.38. The zero-order valence-corrected chi connectivity index (χ0v) is 87.3. The fourth-order valence-corrected chi connectivity index (χ4v) is 18.4. The average Bonchev–Trinajstić information content (AvgIpc) is 0.789. The summed E-state index contributed by atoms with van der Waals surface area (Å²) < 4.78 is 164. The number of rotatable bonds is 53. The number of carbonyl (C=O) groups excluding carboxylic acids is 2. The Bertz CT molecular complexity index is 4910. The van der Waals surface area contributed by atoms with E-state index < -0.39 is 155 Å². The van der Waals surface area contributed by atoms with Crippen LogP contribution in [-0.2, 0) is 178 Å². The van der Waals surface area contributed by atoms with Gasteiger partial charge in [0.25, 0.3) is 20.2 Å². The summed E-state index contributed by atoms with van der Waals surface area (Å²) in [5.41, 5.74) is 9.07. The molecule has 4 N–H and O–H groups in total. The van der Waals surface area contributed by atoms with E-state index in [0.29, 0.717) is 90.6 Å². The van der Waals surface area contributed by atoms with Gasteiger partial charge in [-0.1, -0.05) is 344 Å². The van der Waals surface area contributed by atoms with Gasteiger partial charge in [-0.25, -0.2) is 0 Å². The van der Waals surface area contributed by atoms with Crippen LogP contribution in [0, 0.1) is 0 Å². The van der Waals surface area contributed by atoms with Crippen LogP contribution < -0.4 is 0 Å². The molecule has 13 rings (SSSR count). The van der Waals surface area contributed by atoms with Crippen molar-refractivity contribution in [3.8, 4) is 0 Å². The molecule has 788 valence electrons. The normalized spacial score (nSPS) is 24.2. The molecule has 4 saturated heterocycles. The van der Waals surface area contributed by atoms with Crippen LogP contribution in [-0.4, -0.2) is 241 Å². The van der Waals surface area contributed by atoms with E-state index in [-0.39, 0.29) is 62.9 Å². The molecule has 0 amide bonds. The smallest absolute Gasteiger partial charge is 0.269 e. The van der Waals surface area contributed by atoms with Crippen molar-refractivity contribution in [1.82, 2.24) is 0 Å². The summed E-state index contributed by atoms with van der Waals surface area (Å²) in [6.45, 7) is 13.8. The Balaban J connectivity index is 0.000000265. The van der Waals surface area contributed by atoms with E-state index in [9.17, 15) is 46.9 Å². The second-order valence-electron chi connectivity index (χ2n) is 34.0. The van der Waals surface area contributed by atoms with Gasteiger partial charge in [0.1, 0.15) is 97.0 Å². The minimum absolute atomic E-state index is 0. The van der Waals surface area contributed by atoms with E-state index >= 15 is 0 Å². The van der Waals surface area contributed by atoms with Crippen LogP contribution in [0.15, 0.2) is 273 Å². The summed E-state index contributed by atoms with van der Waals surface area (Å²) in [5, 5.41) is 38.6. The van der Waals surface area contributed by atoms with Crippen LogP contribution in [0.25, 0.3) is 0 Å². The highest BCUT2D eigenvalue weighted by molar-refractivity contribution is 14.0. The quantitative estimate of drug-likeness (QED) is 0.0156. The molecular formula is C109H147IO29S4. The Hall–Kier alpha value is -7.27. The van der Waals surface area contributed by atoms with Gasteiger partial charge in [-0.2, -0.15) is 16.8 Å². The predicted molar refractivity (Wildman–Crippen MR) is 560 cm³/mol. The van der Waals surface area contributed by atoms with Crippen LogP contribution in [0.1, 0.15) is 138 Å². The average molecular weight is 2180 g/mol. The van der Waals surface area contributed by atoms with Crippen LogP contribution in [0.4, 0.5) is 0 Å². The van der Waals surface area contributed by atoms with Crippen molar-refractivity contribution in [2.75, 3.05) is 70.3 Å². The second-order valence-corrected chi connectivity index (χ2v) is 40.0. The van der Waals surface area contributed by atoms with Gasteiger partial charge in [-0.3, -0.25) is 18.0 Å². The molecule has 20 atom stereocenters. The molecule has 4 aliphatic heterocycles. The zero-order chi connectivity index (χ0) is 100. The van der Waals surface area contributed by atoms with E-state index in [1.807, 2.05) is 280 Å². The van der Waals surface area contributed by atoms with Crippen molar-refractivity contribution >= 4 is 78.0 Å². The number of hydrogen-bond donors (Lipinski definition) is 4. The fourth-order valence-electron chi connectivity index (χ4n) is 15.5. The third kappa shape index (κ3) is 42.7. The molecule has 34 heteroatoms. The molecular weight excluding hydrogens is 2030 g/mol. The first kappa shape index (κ1) is 121. The molecule has 3 unspecified atom stereocenters. The third-order valence-electron chi connectivity index (χ3n) is 23.1. The summed E-state index contributed by atoms with van der Waals surface area (Å²) in [4.78, 5) is 23.9. The topological polar surface area (TPSA) is 359 Å². The molecule has 0 spiro atoms. The van der Waals surface area contributed by atoms with Gasteiger partial charge < -0.3 is 101 Å². The minimum Gasteiger partial charge on any atom is -0.396 e. The number of hydrogen-bond acceptors (Lipinski definition) is 31. The lowest BCUT2D eigenvalue weighted by Crippen LogP contribution is -2.62. The number of aliphatic hydroxyl groups is 4. The fraction of sp³-hybridized carbons (Fsp3) is 0.486. The van der Waals surface area contributed by atoms with E-state index in [0.717, 1.165) is 103 Å². The predicted octanol–water partition coefficient (Wildman–Crippen LogP) is 17.1. The van der Waals surface area contributed by atoms with Gasteiger partial charge in [0, 0.05) is 53.2 Å². The van der Waals surface area contributed by atoms with E-state index in [1.165, 1.54) is 30.4 Å². The number of halogens is 1. The van der Waals surface area contributed by atoms with Crippen molar-refractivity contribution < 1.29 is 137 Å². The molecule has 9 aromatic rings. The van der Waals surface area contributed by atoms with Gasteiger partial charge in [0.15, 0.2) is 35.4 Å². The number of unbranched alkanes of at least 4 members (excludes halogenated alkanes) is 3. The van der Waals surface area contributed by atoms with Gasteiger partial charge in [0.05, 0.1) is 92.5 Å². The van der Waals surface area contributed by atoms with Crippen LogP contribution in [0.3, 0.4) is 0 Å². The van der Waals surface area contributed by atoms with Gasteiger partial charge in [-0.05, 0) is 75.8 Å². The summed E-state index contributed by atoms with van der Waals surface area (Å²) in [6, 6.07) is 89.2. The summed E-state index contributed by atoms with van der Waals surface area (Å²) in [6.07, 6.45) is -10.8. The van der Waals surface area contributed by atoms with Crippen molar-refractivity contribution in [2.45, 2.75) is 269 Å². The van der Waals surface area contributed by atoms with Gasteiger partial charge in [-0.15, -0.1) is 24.0 Å². The van der Waals surface area contributed by atoms with E-state index in [2.05, 4.69) is 18.0 Å². The first-order chi connectivity index (χ1) is 68.6. The number of thioether (sulfide) groups is 2. The van der Waals surface area contributed by atoms with Gasteiger partial charge >= 0.3 is 0 Å². The molecule has 29 nitrogen and oxygen atoms in total. The highest BCUT2D eigenvalue weighted by Gasteiger charge is 2.54. The largest absolute Gasteiger partial charge is 0.396 e. The molecule has 0 aliphatic carbocycles. The molecule has 9 aromatic carbocycles. The standard InChI is InChI=1S/C33H40O6S.C32H40O8S.C32H38O7S.C11H22O8S.CH4.HI.H2/c1-3-4-20-35-33-32(38-23-28-18-12-7-13-19-28)31(37-22-27-16-10-6-11-17-27)30(29(39-33)24-40-25(2)34)36-21-26-14-8-5-9-15-26;1-3-4-20-36-32-31(39-23-27-18-12-7-13-19-27)30(38-22-26-16-10-6-11-17-26)29(28(40-32)24-41(33,34)35-2)37-21-25-14-8-5-9-15-25;1-24(34)40-23-28-29(36-20-25-12-5-2-6-13-25)30(37-21-26-14-7-3-8-15-26)31(32(39-28)35-19-11-18-33)38-22-27-16-9-4-10-17-27;1-3-4-5-18-11-10(14)9(13)8(12)7(19-11)6-20(15,16)17-2;;;/h5-19,29-33H,3-4,20-24H2,1-2H3;5-19,28-32H,3-4,20-24H2,1-2H3;2-10,12-17,28-33H,11,18-23H2,1H3;7-14H,3-6H2,1-2H3;1H4;2*1H/t29-,30?,31+,32-,33+;2*28-,29?,30+,31-,32+;7-,8-,9+,10-,11+;;;/m1111.../s1. The van der Waals surface area contributed by atoms with Crippen molar-refractivity contribution in [2.24, 2.45) is 0 Å². The van der Waals surface area contributed by atoms with Crippen molar-refractivity contribution in [3.05, 3.63) is 323 Å². The molecule has 4 heterocycles. The summed E-state index contributed by atoms with van der Waals surface area (Å²) >= 11 is 2.41. The molecule has 0 bridgehead atoms. The molecule has 0 radical (unpaired) electrons. The SMILES string of the molecule is C.CC(=O)SC[C@H]1O[C@H](OCCCO)[C@H](OCc2ccccc2)[C@@H](OCc2ccccc2)C1OCc1ccccc1.CCCCO[C@H]1O[C@H](CS(=O)(=O)OC)C(OCc2ccccc2)[C@H](OCc2ccccc2)[C@H]1OCc1ccccc1.CCCCO[C@H]1O[C@H](CS(=O)(=O)OC)[C@@H](O)[C@H](O)[C@H]1O.CCCCO[C@H]1O[C@H](CSC(C)=O)C(OCc2ccccc2)[C@H](OCc2ccccc2)[C@H]1OCc1ccccc1.I.[HH]. The highest BCUT2D eigenvalue weighted by atomic mass is 127. The number of aliphatic hydroxyl groups excluding tert-OH is 4. The van der Waals surface area contributed by atoms with E-state index in [4.69, 9.17) is 84.7 Å². The Morgan fingerprint density at radius 1 is 0.294 bits per heavy atom. The third-order valence-corrected chi connectivity index (χ3v) is 27.4.